The van der Waals surface area contributed by atoms with Crippen molar-refractivity contribution in [3.63, 3.8) is 0 Å². The van der Waals surface area contributed by atoms with E-state index in [-0.39, 0.29) is 18.1 Å². The summed E-state index contributed by atoms with van der Waals surface area (Å²) >= 11 is 0. The van der Waals surface area contributed by atoms with Crippen LogP contribution in [0.5, 0.6) is 0 Å². The summed E-state index contributed by atoms with van der Waals surface area (Å²) in [7, 11) is 0. The monoisotopic (exact) mass is 219 g/mol. The summed E-state index contributed by atoms with van der Waals surface area (Å²) in [5, 5.41) is 12.1. The van der Waals surface area contributed by atoms with E-state index in [2.05, 4.69) is 5.32 Å². The van der Waals surface area contributed by atoms with Crippen molar-refractivity contribution < 1.29 is 9.90 Å². The van der Waals surface area contributed by atoms with Crippen LogP contribution in [-0.2, 0) is 0 Å². The van der Waals surface area contributed by atoms with Gasteiger partial charge in [0.1, 0.15) is 0 Å². The van der Waals surface area contributed by atoms with Gasteiger partial charge in [-0.2, -0.15) is 0 Å². The Morgan fingerprint density at radius 3 is 2.69 bits per heavy atom. The maximum atomic E-state index is 12.0. The zero-order valence-electron chi connectivity index (χ0n) is 9.71. The molecule has 0 saturated heterocycles. The molecule has 86 valence electrons. The van der Waals surface area contributed by atoms with Crippen LogP contribution in [0.25, 0.3) is 0 Å². The Morgan fingerprint density at radius 1 is 1.44 bits per heavy atom. The Bertz CT molecular complexity index is 422. The Hall–Kier alpha value is -1.35. The third kappa shape index (κ3) is 1.95. The van der Waals surface area contributed by atoms with Crippen LogP contribution in [0.3, 0.4) is 0 Å². The number of aliphatic hydroxyl groups is 1. The van der Waals surface area contributed by atoms with Gasteiger partial charge in [-0.15, -0.1) is 0 Å². The van der Waals surface area contributed by atoms with E-state index in [1.54, 1.807) is 0 Å². The van der Waals surface area contributed by atoms with Gasteiger partial charge in [0.05, 0.1) is 12.1 Å². The molecule has 1 aromatic rings. The molecule has 0 unspecified atom stereocenters. The number of hydrogen-bond acceptors (Lipinski definition) is 2. The van der Waals surface area contributed by atoms with Crippen molar-refractivity contribution >= 4 is 5.91 Å². The molecule has 2 N–H and O–H groups in total. The first-order valence-corrected chi connectivity index (χ1v) is 5.58. The summed E-state index contributed by atoms with van der Waals surface area (Å²) in [6.45, 7) is 3.97. The standard InChI is InChI=1S/C13H17NO2/c1-9-4-3-5-11(10(9)2)12(16)14-13(8-15)6-7-13/h3-5,15H,6-8H2,1-2H3,(H,14,16). The van der Waals surface area contributed by atoms with Crippen LogP contribution in [0.1, 0.15) is 34.3 Å². The van der Waals surface area contributed by atoms with Crippen LogP contribution < -0.4 is 5.32 Å². The number of carbonyl (C=O) groups excluding carboxylic acids is 1. The Balaban J connectivity index is 2.18. The van der Waals surface area contributed by atoms with Crippen LogP contribution in [-0.4, -0.2) is 23.2 Å². The van der Waals surface area contributed by atoms with Crippen molar-refractivity contribution in [3.05, 3.63) is 34.9 Å². The molecule has 16 heavy (non-hydrogen) atoms. The van der Waals surface area contributed by atoms with Crippen molar-refractivity contribution in [2.75, 3.05) is 6.61 Å². The number of benzene rings is 1. The number of aryl methyl sites for hydroxylation is 1. The van der Waals surface area contributed by atoms with Gasteiger partial charge in [0.25, 0.3) is 5.91 Å². The third-order valence-corrected chi connectivity index (χ3v) is 3.38. The number of hydrogen-bond donors (Lipinski definition) is 2. The lowest BCUT2D eigenvalue weighted by Crippen LogP contribution is -2.39. The minimum atomic E-state index is -0.340. The summed E-state index contributed by atoms with van der Waals surface area (Å²) in [6, 6.07) is 5.70. The molecule has 3 heteroatoms. The first-order chi connectivity index (χ1) is 7.58. The van der Waals surface area contributed by atoms with Gasteiger partial charge in [0.15, 0.2) is 0 Å². The first kappa shape index (κ1) is 11.1. The minimum Gasteiger partial charge on any atom is -0.394 e. The van der Waals surface area contributed by atoms with Crippen molar-refractivity contribution in [2.45, 2.75) is 32.2 Å². The Labute approximate surface area is 95.5 Å². The van der Waals surface area contributed by atoms with Crippen LogP contribution >= 0.6 is 0 Å². The van der Waals surface area contributed by atoms with Crippen LogP contribution in [0, 0.1) is 13.8 Å². The molecule has 1 fully saturated rings. The average molecular weight is 219 g/mol. The number of rotatable bonds is 3. The summed E-state index contributed by atoms with van der Waals surface area (Å²) in [4.78, 5) is 12.0. The van der Waals surface area contributed by atoms with E-state index in [1.807, 2.05) is 32.0 Å². The van der Waals surface area contributed by atoms with Crippen LogP contribution in [0.4, 0.5) is 0 Å². The van der Waals surface area contributed by atoms with Crippen molar-refractivity contribution in [3.8, 4) is 0 Å². The normalized spacial score (nSPS) is 16.9. The van der Waals surface area contributed by atoms with Gasteiger partial charge in [-0.25, -0.2) is 0 Å². The van der Waals surface area contributed by atoms with Crippen LogP contribution in [0.15, 0.2) is 18.2 Å². The Morgan fingerprint density at radius 2 is 2.12 bits per heavy atom. The molecule has 1 aliphatic rings. The molecule has 3 nitrogen and oxygen atoms in total. The molecule has 0 radical (unpaired) electrons. The summed E-state index contributed by atoms with van der Waals surface area (Å²) in [5.74, 6) is -0.0762. The zero-order valence-corrected chi connectivity index (χ0v) is 9.71. The van der Waals surface area contributed by atoms with Gasteiger partial charge < -0.3 is 10.4 Å². The molecule has 0 aliphatic heterocycles. The summed E-state index contributed by atoms with van der Waals surface area (Å²) in [5.41, 5.74) is 2.49. The second kappa shape index (κ2) is 3.91. The van der Waals surface area contributed by atoms with E-state index < -0.39 is 0 Å². The molecule has 1 aromatic carbocycles. The predicted molar refractivity (Wildman–Crippen MR) is 62.4 cm³/mol. The topological polar surface area (TPSA) is 49.3 Å². The fraction of sp³-hybridized carbons (Fsp3) is 0.462. The molecule has 0 aromatic heterocycles. The van der Waals surface area contributed by atoms with Crippen molar-refractivity contribution in [1.29, 1.82) is 0 Å². The van der Waals surface area contributed by atoms with Gasteiger partial charge in [0, 0.05) is 5.56 Å². The maximum Gasteiger partial charge on any atom is 0.252 e. The summed E-state index contributed by atoms with van der Waals surface area (Å²) < 4.78 is 0. The number of nitrogens with one attached hydrogen (secondary N) is 1. The molecule has 1 aliphatic carbocycles. The van der Waals surface area contributed by atoms with Crippen molar-refractivity contribution in [2.24, 2.45) is 0 Å². The van der Waals surface area contributed by atoms with Gasteiger partial charge >= 0.3 is 0 Å². The van der Waals surface area contributed by atoms with Gasteiger partial charge in [-0.3, -0.25) is 4.79 Å². The average Bonchev–Trinajstić information content (AvgIpc) is 3.02. The quantitative estimate of drug-likeness (QED) is 0.810. The lowest BCUT2D eigenvalue weighted by atomic mass is 10.0. The van der Waals surface area contributed by atoms with E-state index in [0.717, 1.165) is 24.0 Å². The highest BCUT2D eigenvalue weighted by Gasteiger charge is 2.43. The van der Waals surface area contributed by atoms with Crippen molar-refractivity contribution in [1.82, 2.24) is 5.32 Å². The fourth-order valence-electron chi connectivity index (χ4n) is 1.78. The minimum absolute atomic E-state index is 0.0314. The lowest BCUT2D eigenvalue weighted by Gasteiger charge is -2.15. The van der Waals surface area contributed by atoms with Gasteiger partial charge in [-0.1, -0.05) is 12.1 Å². The molecule has 0 heterocycles. The SMILES string of the molecule is Cc1cccc(C(=O)NC2(CO)CC2)c1C. The second-order valence-electron chi connectivity index (χ2n) is 4.64. The predicted octanol–water partition coefficient (Wildman–Crippen LogP) is 1.56. The molecule has 1 saturated carbocycles. The van der Waals surface area contributed by atoms with E-state index in [9.17, 15) is 4.79 Å². The number of carbonyl (C=O) groups is 1. The van der Waals surface area contributed by atoms with E-state index in [1.165, 1.54) is 0 Å². The zero-order chi connectivity index (χ0) is 11.8. The molecule has 0 spiro atoms. The second-order valence-corrected chi connectivity index (χ2v) is 4.64. The molecule has 1 amide bonds. The maximum absolute atomic E-state index is 12.0. The largest absolute Gasteiger partial charge is 0.394 e. The van der Waals surface area contributed by atoms with Gasteiger partial charge in [0.2, 0.25) is 0 Å². The lowest BCUT2D eigenvalue weighted by molar-refractivity contribution is 0.0906. The summed E-state index contributed by atoms with van der Waals surface area (Å²) in [6.07, 6.45) is 1.75. The molecule has 0 bridgehead atoms. The highest BCUT2D eigenvalue weighted by atomic mass is 16.3. The molecular weight excluding hydrogens is 202 g/mol. The number of aliphatic hydroxyl groups excluding tert-OH is 1. The van der Waals surface area contributed by atoms with Gasteiger partial charge in [-0.05, 0) is 43.9 Å². The first-order valence-electron chi connectivity index (χ1n) is 5.58. The highest BCUT2D eigenvalue weighted by Crippen LogP contribution is 2.34. The smallest absolute Gasteiger partial charge is 0.252 e. The van der Waals surface area contributed by atoms with E-state index in [0.29, 0.717) is 5.56 Å². The molecule has 2 rings (SSSR count). The van der Waals surface area contributed by atoms with E-state index in [4.69, 9.17) is 5.11 Å². The third-order valence-electron chi connectivity index (χ3n) is 3.38. The van der Waals surface area contributed by atoms with E-state index >= 15 is 0 Å². The number of amides is 1. The highest BCUT2D eigenvalue weighted by molar-refractivity contribution is 5.96. The van der Waals surface area contributed by atoms with Crippen LogP contribution in [0.2, 0.25) is 0 Å². The fourth-order valence-corrected chi connectivity index (χ4v) is 1.78. The molecular formula is C13H17NO2. The molecule has 0 atom stereocenters. The Kier molecular flexibility index (Phi) is 2.72.